The summed E-state index contributed by atoms with van der Waals surface area (Å²) in [5.41, 5.74) is 0.0553. The van der Waals surface area contributed by atoms with E-state index in [4.69, 9.17) is 9.72 Å². The van der Waals surface area contributed by atoms with Crippen molar-refractivity contribution in [2.45, 2.75) is 32.3 Å². The molecule has 0 amide bonds. The van der Waals surface area contributed by atoms with E-state index in [1.807, 2.05) is 5.38 Å². The number of nitrogens with zero attached hydrogens (tertiary/aromatic N) is 5. The predicted molar refractivity (Wildman–Crippen MR) is 110 cm³/mol. The van der Waals surface area contributed by atoms with Crippen molar-refractivity contribution in [3.05, 3.63) is 60.9 Å². The van der Waals surface area contributed by atoms with E-state index < -0.39 is 16.2 Å². The van der Waals surface area contributed by atoms with Crippen LogP contribution in [0.25, 0.3) is 5.65 Å². The minimum Gasteiger partial charge on any atom is -0.367 e. The zero-order valence-electron chi connectivity index (χ0n) is 16.4. The molecule has 4 heterocycles. The third-order valence-electron chi connectivity index (χ3n) is 4.81. The van der Waals surface area contributed by atoms with Crippen molar-refractivity contribution in [3.63, 3.8) is 0 Å². The van der Waals surface area contributed by atoms with Crippen LogP contribution in [-0.2, 0) is 10.2 Å². The molecule has 1 aliphatic rings. The number of aromatic nitrogens is 3. The summed E-state index contributed by atoms with van der Waals surface area (Å²) in [6.07, 6.45) is 1.15. The number of thiazole rings is 1. The van der Waals surface area contributed by atoms with E-state index in [1.54, 1.807) is 23.1 Å². The second-order valence-corrected chi connectivity index (χ2v) is 8.79. The van der Waals surface area contributed by atoms with Gasteiger partial charge in [0.05, 0.1) is 23.8 Å². The van der Waals surface area contributed by atoms with E-state index in [0.717, 1.165) is 10.7 Å². The number of anilines is 1. The van der Waals surface area contributed by atoms with E-state index in [-0.39, 0.29) is 17.3 Å². The van der Waals surface area contributed by atoms with E-state index in [1.165, 1.54) is 21.9 Å². The zero-order chi connectivity index (χ0) is 20.8. The van der Waals surface area contributed by atoms with Gasteiger partial charge in [-0.2, -0.15) is 0 Å². The number of ether oxygens (including phenoxy) is 1. The number of pyridine rings is 1. The molecule has 152 valence electrons. The van der Waals surface area contributed by atoms with Gasteiger partial charge in [0.1, 0.15) is 16.8 Å². The van der Waals surface area contributed by atoms with Gasteiger partial charge in [-0.25, -0.2) is 9.97 Å². The largest absolute Gasteiger partial charge is 0.376 e. The Morgan fingerprint density at radius 2 is 2.10 bits per heavy atom. The Morgan fingerprint density at radius 3 is 2.79 bits per heavy atom. The Hall–Kier alpha value is -2.85. The maximum absolute atomic E-state index is 12.7. The van der Waals surface area contributed by atoms with Gasteiger partial charge in [0.15, 0.2) is 0 Å². The molecule has 0 aromatic carbocycles. The Morgan fingerprint density at radius 1 is 1.31 bits per heavy atom. The minimum atomic E-state index is -0.692. The van der Waals surface area contributed by atoms with Crippen molar-refractivity contribution < 1.29 is 9.66 Å². The molecule has 0 radical (unpaired) electrons. The highest BCUT2D eigenvalue weighted by molar-refractivity contribution is 7.09. The van der Waals surface area contributed by atoms with Crippen LogP contribution in [0, 0.1) is 10.1 Å². The van der Waals surface area contributed by atoms with E-state index in [0.29, 0.717) is 25.3 Å². The number of hydrogen-bond acceptors (Lipinski definition) is 8. The number of nitro groups is 1. The molecule has 4 rings (SSSR count). The summed E-state index contributed by atoms with van der Waals surface area (Å²) < 4.78 is 7.08. The van der Waals surface area contributed by atoms with Crippen LogP contribution in [0.5, 0.6) is 0 Å². The maximum atomic E-state index is 12.7. The van der Waals surface area contributed by atoms with Crippen molar-refractivity contribution in [1.29, 1.82) is 0 Å². The molecule has 1 unspecified atom stereocenters. The molecule has 0 aliphatic carbocycles. The van der Waals surface area contributed by atoms with Crippen molar-refractivity contribution in [2.24, 2.45) is 0 Å². The van der Waals surface area contributed by atoms with Gasteiger partial charge in [0.2, 0.25) is 5.82 Å². The average molecular weight is 415 g/mol. The Labute approximate surface area is 170 Å². The lowest BCUT2D eigenvalue weighted by atomic mass is 9.93. The van der Waals surface area contributed by atoms with Crippen molar-refractivity contribution in [2.75, 3.05) is 24.6 Å². The monoisotopic (exact) mass is 415 g/mol. The van der Waals surface area contributed by atoms with Crippen LogP contribution in [0.3, 0.4) is 0 Å². The minimum absolute atomic E-state index is 0.0729. The van der Waals surface area contributed by atoms with Gasteiger partial charge in [-0.1, -0.05) is 26.8 Å². The van der Waals surface area contributed by atoms with Crippen LogP contribution in [-0.4, -0.2) is 39.0 Å². The molecule has 0 N–H and O–H groups in total. The molecule has 1 fully saturated rings. The lowest BCUT2D eigenvalue weighted by molar-refractivity contribution is -0.385. The molecular formula is C19H21N5O4S. The smallest absolute Gasteiger partial charge is 0.367 e. The van der Waals surface area contributed by atoms with Gasteiger partial charge >= 0.3 is 11.2 Å². The lowest BCUT2D eigenvalue weighted by Gasteiger charge is -2.32. The SMILES string of the molecule is CC(C)(C)c1csc(C2CN(c3nc4ccccn4c(=O)c3[N+](=O)[O-])CCO2)n1. The van der Waals surface area contributed by atoms with Gasteiger partial charge in [0, 0.05) is 23.5 Å². The topological polar surface area (TPSA) is 103 Å². The van der Waals surface area contributed by atoms with Crippen LogP contribution in [0.2, 0.25) is 0 Å². The first-order valence-electron chi connectivity index (χ1n) is 9.24. The van der Waals surface area contributed by atoms with Crippen molar-refractivity contribution in [1.82, 2.24) is 14.4 Å². The molecule has 1 saturated heterocycles. The van der Waals surface area contributed by atoms with Crippen molar-refractivity contribution >= 4 is 28.5 Å². The fraction of sp³-hybridized carbons (Fsp3) is 0.421. The van der Waals surface area contributed by atoms with E-state index in [2.05, 4.69) is 25.8 Å². The highest BCUT2D eigenvalue weighted by Crippen LogP contribution is 2.32. The molecule has 1 aliphatic heterocycles. The van der Waals surface area contributed by atoms with E-state index >= 15 is 0 Å². The van der Waals surface area contributed by atoms with Crippen LogP contribution in [0.1, 0.15) is 37.6 Å². The van der Waals surface area contributed by atoms with Crippen molar-refractivity contribution in [3.8, 4) is 0 Å². The number of rotatable bonds is 3. The summed E-state index contributed by atoms with van der Waals surface area (Å²) in [6, 6.07) is 5.03. The summed E-state index contributed by atoms with van der Waals surface area (Å²) in [7, 11) is 0. The first-order chi connectivity index (χ1) is 13.8. The molecule has 3 aromatic rings. The molecule has 0 spiro atoms. The summed E-state index contributed by atoms with van der Waals surface area (Å²) >= 11 is 1.51. The Balaban J connectivity index is 1.72. The van der Waals surface area contributed by atoms with Crippen LogP contribution in [0.15, 0.2) is 34.6 Å². The van der Waals surface area contributed by atoms with Crippen LogP contribution >= 0.6 is 11.3 Å². The second kappa shape index (κ2) is 7.20. The van der Waals surface area contributed by atoms with Gasteiger partial charge in [0.25, 0.3) is 0 Å². The first kappa shape index (κ1) is 19.5. The molecule has 29 heavy (non-hydrogen) atoms. The summed E-state index contributed by atoms with van der Waals surface area (Å²) in [5.74, 6) is 0.0760. The van der Waals surface area contributed by atoms with Gasteiger partial charge in [-0.05, 0) is 12.1 Å². The highest BCUT2D eigenvalue weighted by atomic mass is 32.1. The maximum Gasteiger partial charge on any atom is 0.376 e. The fourth-order valence-corrected chi connectivity index (χ4v) is 4.30. The lowest BCUT2D eigenvalue weighted by Crippen LogP contribution is -2.40. The molecule has 0 saturated carbocycles. The summed E-state index contributed by atoms with van der Waals surface area (Å²) in [5, 5.41) is 14.5. The van der Waals surface area contributed by atoms with E-state index in [9.17, 15) is 14.9 Å². The first-order valence-corrected chi connectivity index (χ1v) is 10.1. The Kier molecular flexibility index (Phi) is 4.83. The average Bonchev–Trinajstić information content (AvgIpc) is 3.18. The quantitative estimate of drug-likeness (QED) is 0.479. The standard InChI is InChI=1S/C19H21N5O4S/c1-19(2,3)13-11-29-17(20-13)12-10-22(8-9-28-12)16-15(24(26)27)18(25)23-7-5-4-6-14(23)21-16/h4-7,11-12H,8-10H2,1-3H3. The third kappa shape index (κ3) is 3.60. The predicted octanol–water partition coefficient (Wildman–Crippen LogP) is 2.93. The second-order valence-electron chi connectivity index (χ2n) is 7.90. The normalized spacial score (nSPS) is 17.6. The molecule has 0 bridgehead atoms. The molecule has 3 aromatic heterocycles. The van der Waals surface area contributed by atoms with Crippen LogP contribution < -0.4 is 10.5 Å². The zero-order valence-corrected chi connectivity index (χ0v) is 17.2. The fourth-order valence-electron chi connectivity index (χ4n) is 3.22. The third-order valence-corrected chi connectivity index (χ3v) is 5.74. The molecular weight excluding hydrogens is 394 g/mol. The summed E-state index contributed by atoms with van der Waals surface area (Å²) in [4.78, 5) is 34.6. The van der Waals surface area contributed by atoms with Gasteiger partial charge in [-0.3, -0.25) is 19.3 Å². The molecule has 10 heteroatoms. The van der Waals surface area contributed by atoms with Gasteiger partial charge in [-0.15, -0.1) is 11.3 Å². The highest BCUT2D eigenvalue weighted by Gasteiger charge is 2.33. The number of hydrogen-bond donors (Lipinski definition) is 0. The molecule has 9 nitrogen and oxygen atoms in total. The number of morpholine rings is 1. The number of fused-ring (bicyclic) bond motifs is 1. The Bertz CT molecular complexity index is 1130. The van der Waals surface area contributed by atoms with Crippen LogP contribution in [0.4, 0.5) is 11.5 Å². The molecule has 1 atom stereocenters. The summed E-state index contributed by atoms with van der Waals surface area (Å²) in [6.45, 7) is 7.39. The van der Waals surface area contributed by atoms with Gasteiger partial charge < -0.3 is 9.64 Å².